The Kier molecular flexibility index (Phi) is 10.7. The minimum atomic E-state index is -1.04. The molecular weight excluding hydrogens is 336 g/mol. The van der Waals surface area contributed by atoms with Crippen molar-refractivity contribution in [3.8, 4) is 0 Å². The smallest absolute Gasteiger partial charge is 0.432 e. The lowest BCUT2D eigenvalue weighted by Crippen LogP contribution is -2.18. The third-order valence-electron chi connectivity index (χ3n) is 3.76. The van der Waals surface area contributed by atoms with E-state index in [9.17, 15) is 9.59 Å². The summed E-state index contributed by atoms with van der Waals surface area (Å²) in [4.78, 5) is 31.3. The summed E-state index contributed by atoms with van der Waals surface area (Å²) in [5.74, 6) is 0.840. The number of carbonyl (C=O) groups is 2. The molecule has 0 saturated heterocycles. The maximum atomic E-state index is 11.4. The normalized spacial score (nSPS) is 14.3. The molecule has 0 N–H and O–H groups in total. The Morgan fingerprint density at radius 1 is 0.692 bits per heavy atom. The van der Waals surface area contributed by atoms with Gasteiger partial charge in [0, 0.05) is 0 Å². The summed E-state index contributed by atoms with van der Waals surface area (Å²) in [5.41, 5.74) is 0.467. The van der Waals surface area contributed by atoms with Crippen molar-refractivity contribution in [2.45, 2.75) is 81.1 Å². The number of rotatable bonds is 8. The van der Waals surface area contributed by atoms with E-state index >= 15 is 0 Å². The van der Waals surface area contributed by atoms with Crippen LogP contribution in [0.25, 0.3) is 0 Å². The van der Waals surface area contributed by atoms with Crippen LogP contribution in [0.3, 0.4) is 0 Å². The quantitative estimate of drug-likeness (QED) is 0.289. The summed E-state index contributed by atoms with van der Waals surface area (Å²) in [7, 11) is 0. The summed E-state index contributed by atoms with van der Waals surface area (Å²) in [6.07, 6.45) is 1.44. The van der Waals surface area contributed by atoms with Gasteiger partial charge in [-0.05, 0) is 48.3 Å². The summed E-state index contributed by atoms with van der Waals surface area (Å²) in [5, 5.41) is 0. The Balaban J connectivity index is 3.78. The largest absolute Gasteiger partial charge is 0.549 e. The summed E-state index contributed by atoms with van der Waals surface area (Å²) >= 11 is 0. The molecule has 0 aromatic heterocycles. The SMILES string of the molecule is C[C@H](CCOC(=O)OOC(=O)OCC[C@H](C)CC(C)(C)C)CC(C)(C)C. The van der Waals surface area contributed by atoms with Gasteiger partial charge >= 0.3 is 12.3 Å². The van der Waals surface area contributed by atoms with Gasteiger partial charge in [-0.1, -0.05) is 55.4 Å². The van der Waals surface area contributed by atoms with Crippen LogP contribution in [-0.4, -0.2) is 25.5 Å². The first-order chi connectivity index (χ1) is 11.8. The van der Waals surface area contributed by atoms with Gasteiger partial charge in [0.1, 0.15) is 0 Å². The van der Waals surface area contributed by atoms with Gasteiger partial charge in [0.2, 0.25) is 0 Å². The average molecular weight is 375 g/mol. The second-order valence-electron chi connectivity index (χ2n) is 9.68. The van der Waals surface area contributed by atoms with Crippen molar-refractivity contribution in [1.29, 1.82) is 0 Å². The molecule has 0 aliphatic heterocycles. The Hall–Kier alpha value is -1.46. The predicted molar refractivity (Wildman–Crippen MR) is 101 cm³/mol. The van der Waals surface area contributed by atoms with Crippen molar-refractivity contribution < 1.29 is 28.8 Å². The Morgan fingerprint density at radius 3 is 1.27 bits per heavy atom. The molecule has 0 saturated carbocycles. The van der Waals surface area contributed by atoms with Gasteiger partial charge in [0.15, 0.2) is 0 Å². The molecule has 0 aliphatic carbocycles. The Bertz CT molecular complexity index is 379. The van der Waals surface area contributed by atoms with Crippen molar-refractivity contribution in [1.82, 2.24) is 0 Å². The first-order valence-electron chi connectivity index (χ1n) is 9.46. The molecule has 154 valence electrons. The molecule has 0 bridgehead atoms. The van der Waals surface area contributed by atoms with Crippen molar-refractivity contribution in [2.75, 3.05) is 13.2 Å². The van der Waals surface area contributed by atoms with Gasteiger partial charge in [-0.25, -0.2) is 0 Å². The van der Waals surface area contributed by atoms with Crippen LogP contribution in [0.5, 0.6) is 0 Å². The van der Waals surface area contributed by atoms with Gasteiger partial charge in [-0.15, -0.1) is 0 Å². The molecule has 2 atom stereocenters. The molecule has 0 unspecified atom stereocenters. The van der Waals surface area contributed by atoms with Crippen LogP contribution >= 0.6 is 0 Å². The van der Waals surface area contributed by atoms with Gasteiger partial charge in [0.05, 0.1) is 13.2 Å². The number of hydrogen-bond acceptors (Lipinski definition) is 6. The summed E-state index contributed by atoms with van der Waals surface area (Å²) in [6.45, 7) is 17.7. The molecule has 0 fully saturated rings. The molecule has 6 nitrogen and oxygen atoms in total. The minimum Gasteiger partial charge on any atom is -0.432 e. The van der Waals surface area contributed by atoms with E-state index in [1.807, 2.05) is 0 Å². The average Bonchev–Trinajstić information content (AvgIpc) is 2.41. The molecule has 26 heavy (non-hydrogen) atoms. The van der Waals surface area contributed by atoms with E-state index in [1.54, 1.807) is 0 Å². The van der Waals surface area contributed by atoms with Crippen LogP contribution in [0.1, 0.15) is 81.1 Å². The first-order valence-corrected chi connectivity index (χ1v) is 9.46. The van der Waals surface area contributed by atoms with Crippen LogP contribution in [0.2, 0.25) is 0 Å². The van der Waals surface area contributed by atoms with Gasteiger partial charge in [-0.3, -0.25) is 0 Å². The molecular formula is C20H38O6. The van der Waals surface area contributed by atoms with Gasteiger partial charge in [0.25, 0.3) is 0 Å². The molecule has 6 heteroatoms. The van der Waals surface area contributed by atoms with Crippen LogP contribution < -0.4 is 0 Å². The molecule has 0 radical (unpaired) electrons. The van der Waals surface area contributed by atoms with Crippen molar-refractivity contribution in [2.24, 2.45) is 22.7 Å². The van der Waals surface area contributed by atoms with E-state index in [-0.39, 0.29) is 24.0 Å². The van der Waals surface area contributed by atoms with Crippen LogP contribution in [0.15, 0.2) is 0 Å². The molecule has 0 aromatic rings. The van der Waals surface area contributed by atoms with Crippen LogP contribution in [0, 0.1) is 22.7 Å². The Morgan fingerprint density at radius 2 is 1.00 bits per heavy atom. The first kappa shape index (κ1) is 24.5. The fourth-order valence-corrected chi connectivity index (χ4v) is 3.10. The third-order valence-corrected chi connectivity index (χ3v) is 3.76. The number of carbonyl (C=O) groups excluding carboxylic acids is 2. The highest BCUT2D eigenvalue weighted by atomic mass is 17.3. The maximum absolute atomic E-state index is 11.4. The number of ether oxygens (including phenoxy) is 2. The van der Waals surface area contributed by atoms with Crippen LogP contribution in [-0.2, 0) is 19.2 Å². The number of hydrogen-bond donors (Lipinski definition) is 0. The maximum Gasteiger partial charge on any atom is 0.549 e. The van der Waals surface area contributed by atoms with E-state index in [0.717, 1.165) is 25.7 Å². The molecule has 0 spiro atoms. The second-order valence-corrected chi connectivity index (χ2v) is 9.68. The zero-order valence-corrected chi connectivity index (χ0v) is 17.8. The molecule has 0 aliphatic rings. The highest BCUT2D eigenvalue weighted by molar-refractivity contribution is 5.63. The topological polar surface area (TPSA) is 71.1 Å². The summed E-state index contributed by atoms with van der Waals surface area (Å²) in [6, 6.07) is 0. The second kappa shape index (κ2) is 11.3. The van der Waals surface area contributed by atoms with E-state index in [1.165, 1.54) is 0 Å². The monoisotopic (exact) mass is 374 g/mol. The zero-order valence-electron chi connectivity index (χ0n) is 17.8. The fourth-order valence-electron chi connectivity index (χ4n) is 3.10. The Labute approximate surface area is 158 Å². The van der Waals surface area contributed by atoms with Gasteiger partial charge < -0.3 is 9.47 Å². The highest BCUT2D eigenvalue weighted by Crippen LogP contribution is 2.26. The minimum absolute atomic E-state index is 0.221. The van der Waals surface area contributed by atoms with E-state index < -0.39 is 12.3 Å². The van der Waals surface area contributed by atoms with E-state index in [4.69, 9.17) is 9.47 Å². The molecule has 0 amide bonds. The van der Waals surface area contributed by atoms with Crippen LogP contribution in [0.4, 0.5) is 9.59 Å². The predicted octanol–water partition coefficient (Wildman–Crippen LogP) is 6.13. The van der Waals surface area contributed by atoms with Crippen molar-refractivity contribution in [3.63, 3.8) is 0 Å². The lowest BCUT2D eigenvalue weighted by molar-refractivity contribution is -0.218. The van der Waals surface area contributed by atoms with E-state index in [2.05, 4.69) is 65.2 Å². The third kappa shape index (κ3) is 16.0. The molecule has 0 rings (SSSR count). The molecule has 0 aromatic carbocycles. The van der Waals surface area contributed by atoms with Gasteiger partial charge in [-0.2, -0.15) is 19.4 Å². The lowest BCUT2D eigenvalue weighted by atomic mass is 9.84. The molecule has 0 heterocycles. The van der Waals surface area contributed by atoms with Crippen molar-refractivity contribution in [3.05, 3.63) is 0 Å². The fraction of sp³-hybridized carbons (Fsp3) is 0.900. The standard InChI is InChI=1S/C20H38O6/c1-15(13-19(3,4)5)9-11-23-17(21)25-26-18(22)24-12-10-16(2)14-20(6,7)8/h15-16H,9-14H2,1-8H3/t15-,16+. The zero-order chi connectivity index (χ0) is 20.4. The van der Waals surface area contributed by atoms with E-state index in [0.29, 0.717) is 11.8 Å². The van der Waals surface area contributed by atoms with Crippen molar-refractivity contribution >= 4 is 12.3 Å². The summed E-state index contributed by atoms with van der Waals surface area (Å²) < 4.78 is 9.76. The highest BCUT2D eigenvalue weighted by Gasteiger charge is 2.18. The lowest BCUT2D eigenvalue weighted by Gasteiger charge is -2.23.